The summed E-state index contributed by atoms with van der Waals surface area (Å²) in [5, 5.41) is 9.57. The van der Waals surface area contributed by atoms with Crippen LogP contribution in [-0.2, 0) is 11.3 Å². The van der Waals surface area contributed by atoms with Gasteiger partial charge in [0.05, 0.1) is 11.9 Å². The van der Waals surface area contributed by atoms with Crippen molar-refractivity contribution in [3.05, 3.63) is 83.8 Å². The molecule has 1 heterocycles. The van der Waals surface area contributed by atoms with Crippen molar-refractivity contribution in [2.75, 3.05) is 36.6 Å². The summed E-state index contributed by atoms with van der Waals surface area (Å²) in [5.41, 5.74) is 3.28. The van der Waals surface area contributed by atoms with Crippen LogP contribution >= 0.6 is 11.6 Å². The average molecular weight is 437 g/mol. The monoisotopic (exact) mass is 436 g/mol. The van der Waals surface area contributed by atoms with Crippen LogP contribution in [0.1, 0.15) is 5.56 Å². The first-order chi connectivity index (χ1) is 15.0. The van der Waals surface area contributed by atoms with Gasteiger partial charge in [-0.3, -0.25) is 4.79 Å². The number of amides is 1. The lowest BCUT2D eigenvalue weighted by Gasteiger charge is -2.14. The molecule has 3 N–H and O–H groups in total. The highest BCUT2D eigenvalue weighted by Gasteiger charge is 2.08. The standard InChI is InChI=1S/C23H25ClN6O/c1-30(2)13-7-12-21(31)27-18-10-6-11-19(14-18)28-22-20(16-26-23(24)29-22)25-15-17-8-4-3-5-9-17/h3-12,14,16,25H,13,15H2,1-2H3,(H,27,31)(H,26,28,29)/b12-7+. The molecule has 0 saturated heterocycles. The van der Waals surface area contributed by atoms with Gasteiger partial charge < -0.3 is 20.9 Å². The number of hydrogen-bond acceptors (Lipinski definition) is 6. The lowest BCUT2D eigenvalue weighted by Crippen LogP contribution is -2.13. The Labute approximate surface area is 187 Å². The first-order valence-corrected chi connectivity index (χ1v) is 10.2. The van der Waals surface area contributed by atoms with E-state index in [0.29, 0.717) is 30.3 Å². The molecule has 160 valence electrons. The fourth-order valence-corrected chi connectivity index (χ4v) is 2.88. The fourth-order valence-electron chi connectivity index (χ4n) is 2.74. The molecule has 3 aromatic rings. The zero-order valence-electron chi connectivity index (χ0n) is 17.5. The van der Waals surface area contributed by atoms with Crippen LogP contribution in [0.5, 0.6) is 0 Å². The van der Waals surface area contributed by atoms with Crippen LogP contribution in [0.4, 0.5) is 22.9 Å². The summed E-state index contributed by atoms with van der Waals surface area (Å²) in [5.74, 6) is 0.361. The lowest BCUT2D eigenvalue weighted by molar-refractivity contribution is -0.111. The topological polar surface area (TPSA) is 82.2 Å². The Hall–Kier alpha value is -3.42. The molecule has 2 aromatic carbocycles. The number of nitrogens with one attached hydrogen (secondary N) is 3. The molecule has 0 aliphatic carbocycles. The predicted molar refractivity (Wildman–Crippen MR) is 127 cm³/mol. The molecular formula is C23H25ClN6O. The van der Waals surface area contributed by atoms with Crippen molar-refractivity contribution in [2.45, 2.75) is 6.54 Å². The van der Waals surface area contributed by atoms with E-state index in [0.717, 1.165) is 11.3 Å². The second-order valence-electron chi connectivity index (χ2n) is 7.10. The van der Waals surface area contributed by atoms with E-state index in [1.807, 2.05) is 79.7 Å². The number of anilines is 4. The molecule has 7 nitrogen and oxygen atoms in total. The maximum absolute atomic E-state index is 12.1. The zero-order chi connectivity index (χ0) is 22.1. The second kappa shape index (κ2) is 11.1. The number of halogens is 1. The first kappa shape index (κ1) is 22.3. The summed E-state index contributed by atoms with van der Waals surface area (Å²) in [6.45, 7) is 1.32. The van der Waals surface area contributed by atoms with Crippen LogP contribution < -0.4 is 16.0 Å². The summed E-state index contributed by atoms with van der Waals surface area (Å²) >= 11 is 6.01. The SMILES string of the molecule is CN(C)C/C=C/C(=O)Nc1cccc(Nc2nc(Cl)ncc2NCc2ccccc2)c1. The molecule has 0 unspecified atom stereocenters. The van der Waals surface area contributed by atoms with Crippen molar-refractivity contribution in [3.63, 3.8) is 0 Å². The third-order valence-corrected chi connectivity index (χ3v) is 4.40. The quantitative estimate of drug-likeness (QED) is 0.337. The minimum absolute atomic E-state index is 0.142. The van der Waals surface area contributed by atoms with E-state index < -0.39 is 0 Å². The molecule has 0 radical (unpaired) electrons. The minimum atomic E-state index is -0.186. The molecule has 3 rings (SSSR count). The molecule has 0 spiro atoms. The van der Waals surface area contributed by atoms with Crippen molar-refractivity contribution in [1.29, 1.82) is 0 Å². The van der Waals surface area contributed by atoms with E-state index in [1.54, 1.807) is 6.20 Å². The molecule has 0 bridgehead atoms. The van der Waals surface area contributed by atoms with E-state index in [4.69, 9.17) is 11.6 Å². The lowest BCUT2D eigenvalue weighted by atomic mass is 10.2. The highest BCUT2D eigenvalue weighted by atomic mass is 35.5. The summed E-state index contributed by atoms with van der Waals surface area (Å²) in [6.07, 6.45) is 4.97. The number of hydrogen-bond donors (Lipinski definition) is 3. The van der Waals surface area contributed by atoms with Crippen molar-refractivity contribution in [1.82, 2.24) is 14.9 Å². The van der Waals surface area contributed by atoms with Crippen LogP contribution in [-0.4, -0.2) is 41.4 Å². The minimum Gasteiger partial charge on any atom is -0.377 e. The Morgan fingerprint density at radius 2 is 1.87 bits per heavy atom. The maximum Gasteiger partial charge on any atom is 0.248 e. The van der Waals surface area contributed by atoms with Gasteiger partial charge in [-0.1, -0.05) is 42.5 Å². The van der Waals surface area contributed by atoms with Crippen LogP contribution in [0.2, 0.25) is 5.28 Å². The largest absolute Gasteiger partial charge is 0.377 e. The van der Waals surface area contributed by atoms with Crippen LogP contribution in [0.15, 0.2) is 72.9 Å². The fraction of sp³-hybridized carbons (Fsp3) is 0.174. The van der Waals surface area contributed by atoms with E-state index in [-0.39, 0.29) is 11.2 Å². The molecule has 0 aliphatic rings. The summed E-state index contributed by atoms with van der Waals surface area (Å²) in [4.78, 5) is 22.5. The maximum atomic E-state index is 12.1. The van der Waals surface area contributed by atoms with Crippen molar-refractivity contribution in [2.24, 2.45) is 0 Å². The molecule has 0 aliphatic heterocycles. The third-order valence-electron chi connectivity index (χ3n) is 4.22. The van der Waals surface area contributed by atoms with Crippen molar-refractivity contribution in [3.8, 4) is 0 Å². The molecule has 0 saturated carbocycles. The Morgan fingerprint density at radius 1 is 1.10 bits per heavy atom. The van der Waals surface area contributed by atoms with Gasteiger partial charge in [0.1, 0.15) is 0 Å². The normalized spacial score (nSPS) is 11.0. The molecule has 8 heteroatoms. The summed E-state index contributed by atoms with van der Waals surface area (Å²) < 4.78 is 0. The van der Waals surface area contributed by atoms with Gasteiger partial charge in [-0.25, -0.2) is 4.98 Å². The van der Waals surface area contributed by atoms with Gasteiger partial charge in [0, 0.05) is 30.5 Å². The second-order valence-corrected chi connectivity index (χ2v) is 7.44. The van der Waals surface area contributed by atoms with Crippen molar-refractivity contribution < 1.29 is 4.79 Å². The Morgan fingerprint density at radius 3 is 2.65 bits per heavy atom. The number of rotatable bonds is 9. The van der Waals surface area contributed by atoms with Crippen LogP contribution in [0.25, 0.3) is 0 Å². The average Bonchev–Trinajstić information content (AvgIpc) is 2.74. The van der Waals surface area contributed by atoms with Crippen LogP contribution in [0.3, 0.4) is 0 Å². The molecule has 1 amide bonds. The van der Waals surface area contributed by atoms with E-state index in [9.17, 15) is 4.79 Å². The van der Waals surface area contributed by atoms with Gasteiger partial charge in [0.15, 0.2) is 5.82 Å². The number of likely N-dealkylation sites (N-methyl/N-ethyl adjacent to an activating group) is 1. The molecule has 31 heavy (non-hydrogen) atoms. The van der Waals surface area contributed by atoms with Gasteiger partial charge in [0.2, 0.25) is 11.2 Å². The number of carbonyl (C=O) groups excluding carboxylic acids is 1. The van der Waals surface area contributed by atoms with Crippen LogP contribution in [0, 0.1) is 0 Å². The summed E-state index contributed by atoms with van der Waals surface area (Å²) in [6, 6.07) is 17.4. The summed E-state index contributed by atoms with van der Waals surface area (Å²) in [7, 11) is 3.89. The zero-order valence-corrected chi connectivity index (χ0v) is 18.2. The van der Waals surface area contributed by atoms with Crippen molar-refractivity contribution >= 4 is 40.4 Å². The highest BCUT2D eigenvalue weighted by molar-refractivity contribution is 6.28. The van der Waals surface area contributed by atoms with Gasteiger partial charge in [0.25, 0.3) is 0 Å². The smallest absolute Gasteiger partial charge is 0.248 e. The first-order valence-electron chi connectivity index (χ1n) is 9.79. The molecule has 0 fully saturated rings. The highest BCUT2D eigenvalue weighted by Crippen LogP contribution is 2.26. The van der Waals surface area contributed by atoms with E-state index in [2.05, 4.69) is 25.9 Å². The Balaban J connectivity index is 1.69. The van der Waals surface area contributed by atoms with Gasteiger partial charge in [-0.05, 0) is 49.5 Å². The van der Waals surface area contributed by atoms with E-state index in [1.165, 1.54) is 6.08 Å². The number of carbonyl (C=O) groups is 1. The number of benzene rings is 2. The number of aromatic nitrogens is 2. The van der Waals surface area contributed by atoms with Gasteiger partial charge in [-0.15, -0.1) is 0 Å². The van der Waals surface area contributed by atoms with E-state index >= 15 is 0 Å². The third kappa shape index (κ3) is 7.40. The number of nitrogens with zero attached hydrogens (tertiary/aromatic N) is 3. The predicted octanol–water partition coefficient (Wildman–Crippen LogP) is 4.54. The van der Waals surface area contributed by atoms with Gasteiger partial charge in [-0.2, -0.15) is 4.98 Å². The Bertz CT molecular complexity index is 1040. The van der Waals surface area contributed by atoms with Gasteiger partial charge >= 0.3 is 0 Å². The Kier molecular flexibility index (Phi) is 7.98. The molecular weight excluding hydrogens is 412 g/mol. The molecule has 1 aromatic heterocycles. The molecule has 0 atom stereocenters.